The monoisotopic (exact) mass is 374 g/mol. The van der Waals surface area contributed by atoms with Crippen LogP contribution in [0.3, 0.4) is 0 Å². The third-order valence-electron chi connectivity index (χ3n) is 5.83. The Labute approximate surface area is 163 Å². The fourth-order valence-electron chi connectivity index (χ4n) is 4.54. The van der Waals surface area contributed by atoms with Gasteiger partial charge in [0.1, 0.15) is 11.6 Å². The Morgan fingerprint density at radius 2 is 2.07 bits per heavy atom. The van der Waals surface area contributed by atoms with Gasteiger partial charge in [-0.1, -0.05) is 6.07 Å². The van der Waals surface area contributed by atoms with Gasteiger partial charge in [0.2, 0.25) is 5.91 Å². The van der Waals surface area contributed by atoms with Gasteiger partial charge in [-0.25, -0.2) is 0 Å². The van der Waals surface area contributed by atoms with E-state index in [1.165, 1.54) is 17.5 Å². The summed E-state index contributed by atoms with van der Waals surface area (Å²) in [5.41, 5.74) is 6.64. The first-order valence-corrected chi connectivity index (χ1v) is 9.62. The minimum Gasteiger partial charge on any atom is -0.496 e. The van der Waals surface area contributed by atoms with Crippen LogP contribution in [0.4, 0.5) is 5.82 Å². The van der Waals surface area contributed by atoms with Gasteiger partial charge in [-0.05, 0) is 48.6 Å². The number of fused-ring (bicyclic) bond motifs is 2. The van der Waals surface area contributed by atoms with Crippen molar-refractivity contribution in [3.8, 4) is 17.0 Å². The van der Waals surface area contributed by atoms with E-state index in [1.807, 2.05) is 25.4 Å². The average molecular weight is 374 g/mol. The largest absolute Gasteiger partial charge is 0.496 e. The van der Waals surface area contributed by atoms with Crippen molar-refractivity contribution in [1.29, 1.82) is 0 Å². The normalized spacial score (nSPS) is 17.8. The minimum absolute atomic E-state index is 0.000730. The average Bonchev–Trinajstić information content (AvgIpc) is 3.31. The summed E-state index contributed by atoms with van der Waals surface area (Å²) in [5, 5.41) is 7.73. The number of pyridine rings is 1. The molecule has 0 bridgehead atoms. The second-order valence-electron chi connectivity index (χ2n) is 7.50. The van der Waals surface area contributed by atoms with Crippen LogP contribution in [0.25, 0.3) is 11.3 Å². The number of aromatic nitrogens is 3. The minimum atomic E-state index is -0.103. The Balaban J connectivity index is 1.73. The lowest BCUT2D eigenvalue weighted by atomic mass is 9.83. The van der Waals surface area contributed by atoms with E-state index in [-0.39, 0.29) is 11.8 Å². The van der Waals surface area contributed by atoms with Crippen LogP contribution < -0.4 is 10.1 Å². The van der Waals surface area contributed by atoms with E-state index in [2.05, 4.69) is 22.4 Å². The molecule has 6 heteroatoms. The van der Waals surface area contributed by atoms with Gasteiger partial charge in [0.05, 0.1) is 12.8 Å². The second-order valence-corrected chi connectivity index (χ2v) is 7.50. The maximum absolute atomic E-state index is 12.5. The Kier molecular flexibility index (Phi) is 3.93. The summed E-state index contributed by atoms with van der Waals surface area (Å²) >= 11 is 0. The quantitative estimate of drug-likeness (QED) is 0.762. The summed E-state index contributed by atoms with van der Waals surface area (Å²) in [6, 6.07) is 8.31. The summed E-state index contributed by atoms with van der Waals surface area (Å²) in [6.45, 7) is 0. The summed E-state index contributed by atoms with van der Waals surface area (Å²) in [6.07, 6.45) is 7.29. The van der Waals surface area contributed by atoms with Gasteiger partial charge in [0, 0.05) is 48.5 Å². The molecule has 1 aliphatic heterocycles. The van der Waals surface area contributed by atoms with Crippen LogP contribution in [0, 0.1) is 0 Å². The van der Waals surface area contributed by atoms with Crippen molar-refractivity contribution in [2.75, 3.05) is 12.4 Å². The molecular weight excluding hydrogens is 352 g/mol. The van der Waals surface area contributed by atoms with Crippen molar-refractivity contribution in [2.24, 2.45) is 7.05 Å². The van der Waals surface area contributed by atoms with E-state index < -0.39 is 0 Å². The fourth-order valence-corrected chi connectivity index (χ4v) is 4.54. The molecule has 1 amide bonds. The number of nitrogens with one attached hydrogen (secondary N) is 1. The maximum atomic E-state index is 12.5. The van der Waals surface area contributed by atoms with E-state index in [1.54, 1.807) is 18.0 Å². The number of ether oxygens (including phenoxy) is 1. The van der Waals surface area contributed by atoms with Crippen molar-refractivity contribution in [1.82, 2.24) is 14.8 Å². The lowest BCUT2D eigenvalue weighted by molar-refractivity contribution is -0.116. The number of benzene rings is 1. The Morgan fingerprint density at radius 1 is 1.25 bits per heavy atom. The molecule has 3 aromatic rings. The number of hydrogen-bond donors (Lipinski definition) is 1. The number of methoxy groups -OCH3 is 1. The van der Waals surface area contributed by atoms with Gasteiger partial charge in [-0.3, -0.25) is 14.5 Å². The first-order chi connectivity index (χ1) is 13.7. The highest BCUT2D eigenvalue weighted by Crippen LogP contribution is 2.46. The molecule has 1 unspecified atom stereocenters. The molecule has 28 heavy (non-hydrogen) atoms. The smallest absolute Gasteiger partial charge is 0.226 e. The standard InChI is InChI=1S/C22H22N4O2/c1-26-22-20(21(25-26)15-7-4-8-23-12-15)17(11-19(27)24-22)16-9-13-5-3-6-14(13)10-18(16)28-2/h4,7-10,12,17H,3,5-6,11H2,1-2H3,(H,24,27). The number of amides is 1. The molecule has 1 aliphatic carbocycles. The van der Waals surface area contributed by atoms with E-state index in [4.69, 9.17) is 9.84 Å². The number of rotatable bonds is 3. The van der Waals surface area contributed by atoms with Gasteiger partial charge >= 0.3 is 0 Å². The first kappa shape index (κ1) is 17.0. The molecule has 0 saturated heterocycles. The summed E-state index contributed by atoms with van der Waals surface area (Å²) in [4.78, 5) is 16.8. The lowest BCUT2D eigenvalue weighted by Gasteiger charge is -2.26. The molecule has 0 saturated carbocycles. The number of hydrogen-bond acceptors (Lipinski definition) is 4. The third kappa shape index (κ3) is 2.59. The lowest BCUT2D eigenvalue weighted by Crippen LogP contribution is -2.25. The van der Waals surface area contributed by atoms with Crippen LogP contribution >= 0.6 is 0 Å². The molecule has 2 aliphatic rings. The van der Waals surface area contributed by atoms with Crippen LogP contribution in [0.15, 0.2) is 36.7 Å². The van der Waals surface area contributed by atoms with Crippen molar-refractivity contribution in [3.63, 3.8) is 0 Å². The van der Waals surface area contributed by atoms with E-state index in [9.17, 15) is 4.79 Å². The number of anilines is 1. The molecule has 6 nitrogen and oxygen atoms in total. The Hall–Kier alpha value is -3.15. The highest BCUT2D eigenvalue weighted by atomic mass is 16.5. The van der Waals surface area contributed by atoms with Gasteiger partial charge < -0.3 is 10.1 Å². The van der Waals surface area contributed by atoms with Crippen LogP contribution in [-0.2, 0) is 24.7 Å². The van der Waals surface area contributed by atoms with Crippen LogP contribution in [0.1, 0.15) is 41.0 Å². The predicted molar refractivity (Wildman–Crippen MR) is 107 cm³/mol. The number of aryl methyl sites for hydroxylation is 3. The highest BCUT2D eigenvalue weighted by molar-refractivity contribution is 5.96. The molecule has 1 N–H and O–H groups in total. The Bertz CT molecular complexity index is 1070. The van der Waals surface area contributed by atoms with Gasteiger partial charge in [0.15, 0.2) is 0 Å². The summed E-state index contributed by atoms with van der Waals surface area (Å²) in [5.74, 6) is 1.50. The van der Waals surface area contributed by atoms with Crippen molar-refractivity contribution >= 4 is 11.7 Å². The molecule has 5 rings (SSSR count). The fraction of sp³-hybridized carbons (Fsp3) is 0.318. The number of carbonyl (C=O) groups is 1. The summed E-state index contributed by atoms with van der Waals surface area (Å²) < 4.78 is 7.51. The summed E-state index contributed by atoms with van der Waals surface area (Å²) in [7, 11) is 3.57. The highest BCUT2D eigenvalue weighted by Gasteiger charge is 2.35. The Morgan fingerprint density at radius 3 is 2.82 bits per heavy atom. The molecule has 1 aromatic carbocycles. The number of nitrogens with zero attached hydrogens (tertiary/aromatic N) is 3. The molecule has 142 valence electrons. The molecule has 2 aromatic heterocycles. The molecule has 0 radical (unpaired) electrons. The molecule has 0 fully saturated rings. The zero-order valence-corrected chi connectivity index (χ0v) is 16.0. The molecule has 1 atom stereocenters. The molecular formula is C22H22N4O2. The van der Waals surface area contributed by atoms with Gasteiger partial charge in [-0.15, -0.1) is 0 Å². The van der Waals surface area contributed by atoms with E-state index in [0.29, 0.717) is 6.42 Å². The first-order valence-electron chi connectivity index (χ1n) is 9.62. The zero-order chi connectivity index (χ0) is 19.3. The molecule has 0 spiro atoms. The molecule has 3 heterocycles. The topological polar surface area (TPSA) is 69.0 Å². The van der Waals surface area contributed by atoms with E-state index in [0.717, 1.165) is 46.8 Å². The van der Waals surface area contributed by atoms with Crippen molar-refractivity contribution in [3.05, 3.63) is 58.9 Å². The van der Waals surface area contributed by atoms with E-state index >= 15 is 0 Å². The van der Waals surface area contributed by atoms with Crippen LogP contribution in [0.5, 0.6) is 5.75 Å². The van der Waals surface area contributed by atoms with Crippen LogP contribution in [-0.4, -0.2) is 27.8 Å². The van der Waals surface area contributed by atoms with Gasteiger partial charge in [-0.2, -0.15) is 5.10 Å². The third-order valence-corrected chi connectivity index (χ3v) is 5.83. The SMILES string of the molecule is COc1cc2c(cc1C1CC(=O)Nc3c1c(-c1cccnc1)nn3C)CCC2. The van der Waals surface area contributed by atoms with Gasteiger partial charge in [0.25, 0.3) is 0 Å². The zero-order valence-electron chi connectivity index (χ0n) is 16.0. The van der Waals surface area contributed by atoms with Crippen LogP contribution in [0.2, 0.25) is 0 Å². The maximum Gasteiger partial charge on any atom is 0.226 e. The second kappa shape index (κ2) is 6.48. The predicted octanol–water partition coefficient (Wildman–Crippen LogP) is 3.45. The van der Waals surface area contributed by atoms with Crippen molar-refractivity contribution < 1.29 is 9.53 Å². The number of carbonyl (C=O) groups excluding carboxylic acids is 1. The van der Waals surface area contributed by atoms with Crippen molar-refractivity contribution in [2.45, 2.75) is 31.6 Å².